The highest BCUT2D eigenvalue weighted by Crippen LogP contribution is 2.35. The van der Waals surface area contributed by atoms with Gasteiger partial charge in [-0.1, -0.05) is 54.6 Å². The molecular formula is C18H17NO. The van der Waals surface area contributed by atoms with Crippen LogP contribution in [-0.2, 0) is 6.42 Å². The van der Waals surface area contributed by atoms with E-state index in [4.69, 9.17) is 0 Å². The molecule has 0 aliphatic carbocycles. The Morgan fingerprint density at radius 1 is 1.05 bits per heavy atom. The molecule has 2 aromatic rings. The largest absolute Gasteiger partial charge is 0.295 e. The van der Waals surface area contributed by atoms with Crippen LogP contribution >= 0.6 is 0 Å². The van der Waals surface area contributed by atoms with Gasteiger partial charge in [-0.3, -0.25) is 9.79 Å². The van der Waals surface area contributed by atoms with Crippen LogP contribution in [0.15, 0.2) is 59.6 Å². The first-order chi connectivity index (χ1) is 9.58. The maximum absolute atomic E-state index is 11.3. The third-order valence-corrected chi connectivity index (χ3v) is 3.77. The lowest BCUT2D eigenvalue weighted by Gasteiger charge is -2.10. The number of benzene rings is 2. The highest BCUT2D eigenvalue weighted by molar-refractivity contribution is 6.16. The summed E-state index contributed by atoms with van der Waals surface area (Å²) in [6.07, 6.45) is 0.884. The summed E-state index contributed by atoms with van der Waals surface area (Å²) in [6, 6.07) is 18.1. The molecule has 2 aromatic carbocycles. The van der Waals surface area contributed by atoms with Gasteiger partial charge in [0.05, 0.1) is 5.71 Å². The highest BCUT2D eigenvalue weighted by atomic mass is 16.1. The number of carbonyl (C=O) groups excluding carboxylic acids is 1. The Balaban J connectivity index is 1.72. The molecule has 1 unspecified atom stereocenters. The second-order valence-corrected chi connectivity index (χ2v) is 5.53. The van der Waals surface area contributed by atoms with E-state index in [9.17, 15) is 4.79 Å². The first kappa shape index (κ1) is 12.8. The van der Waals surface area contributed by atoms with Crippen molar-refractivity contribution in [1.29, 1.82) is 0 Å². The fraction of sp³-hybridized carbons (Fsp3) is 0.222. The third kappa shape index (κ3) is 2.42. The molecule has 100 valence electrons. The van der Waals surface area contributed by atoms with E-state index in [1.807, 2.05) is 42.5 Å². The van der Waals surface area contributed by atoms with Gasteiger partial charge in [-0.2, -0.15) is 0 Å². The van der Waals surface area contributed by atoms with Gasteiger partial charge < -0.3 is 0 Å². The van der Waals surface area contributed by atoms with Gasteiger partial charge in [0, 0.05) is 12.0 Å². The summed E-state index contributed by atoms with van der Waals surface area (Å²) in [6.45, 7) is 3.75. The zero-order valence-corrected chi connectivity index (χ0v) is 11.8. The summed E-state index contributed by atoms with van der Waals surface area (Å²) >= 11 is 0. The van der Waals surface area contributed by atoms with E-state index in [2.05, 4.69) is 24.0 Å². The average molecular weight is 263 g/mol. The second kappa shape index (κ2) is 4.71. The SMILES string of the molecule is CC(=O)c1ccc(CC2(C)N=C2c2ccccc2)cc1. The number of nitrogens with zero attached hydrogens (tertiary/aromatic N) is 1. The van der Waals surface area contributed by atoms with Crippen molar-refractivity contribution in [3.05, 3.63) is 71.3 Å². The van der Waals surface area contributed by atoms with Crippen LogP contribution in [0.3, 0.4) is 0 Å². The highest BCUT2D eigenvalue weighted by Gasteiger charge is 2.42. The Morgan fingerprint density at radius 3 is 2.30 bits per heavy atom. The lowest BCUT2D eigenvalue weighted by molar-refractivity contribution is 0.101. The summed E-state index contributed by atoms with van der Waals surface area (Å²) < 4.78 is 0. The summed E-state index contributed by atoms with van der Waals surface area (Å²) in [7, 11) is 0. The normalized spacial score (nSPS) is 20.4. The van der Waals surface area contributed by atoms with Crippen LogP contribution in [0.25, 0.3) is 0 Å². The summed E-state index contributed by atoms with van der Waals surface area (Å²) in [5.41, 5.74) is 4.27. The van der Waals surface area contributed by atoms with E-state index in [1.54, 1.807) is 6.92 Å². The molecule has 0 amide bonds. The molecule has 0 bridgehead atoms. The maximum atomic E-state index is 11.3. The Labute approximate surface area is 119 Å². The van der Waals surface area contributed by atoms with E-state index in [0.29, 0.717) is 0 Å². The molecule has 20 heavy (non-hydrogen) atoms. The number of aliphatic imine (C=N–C) groups is 1. The van der Waals surface area contributed by atoms with Gasteiger partial charge in [0.2, 0.25) is 0 Å². The molecule has 0 fully saturated rings. The molecule has 1 aliphatic heterocycles. The molecular weight excluding hydrogens is 246 g/mol. The standard InChI is InChI=1S/C18H17NO/c1-13(20)15-10-8-14(9-11-15)12-18(2)17(19-18)16-6-4-3-5-7-16/h3-11H,12H2,1-2H3. The molecule has 0 N–H and O–H groups in total. The summed E-state index contributed by atoms with van der Waals surface area (Å²) in [5.74, 6) is 0.107. The van der Waals surface area contributed by atoms with E-state index in [1.165, 1.54) is 16.8 Å². The van der Waals surface area contributed by atoms with Crippen LogP contribution in [-0.4, -0.2) is 17.0 Å². The molecule has 2 heteroatoms. The third-order valence-electron chi connectivity index (χ3n) is 3.77. The Bertz CT molecular complexity index is 670. The lowest BCUT2D eigenvalue weighted by Crippen LogP contribution is -2.18. The smallest absolute Gasteiger partial charge is 0.159 e. The van der Waals surface area contributed by atoms with Crippen molar-refractivity contribution in [1.82, 2.24) is 0 Å². The summed E-state index contributed by atoms with van der Waals surface area (Å²) in [5, 5.41) is 0. The predicted octanol–water partition coefficient (Wildman–Crippen LogP) is 3.69. The van der Waals surface area contributed by atoms with Crippen molar-refractivity contribution in [2.75, 3.05) is 0 Å². The van der Waals surface area contributed by atoms with Crippen LogP contribution in [0.5, 0.6) is 0 Å². The topological polar surface area (TPSA) is 29.4 Å². The monoisotopic (exact) mass is 263 g/mol. The molecule has 0 saturated carbocycles. The van der Waals surface area contributed by atoms with Crippen molar-refractivity contribution in [3.8, 4) is 0 Å². The van der Waals surface area contributed by atoms with Crippen LogP contribution in [0, 0.1) is 0 Å². The van der Waals surface area contributed by atoms with Crippen LogP contribution < -0.4 is 0 Å². The molecule has 3 rings (SSSR count). The number of ketones is 1. The van der Waals surface area contributed by atoms with Crippen molar-refractivity contribution < 1.29 is 4.79 Å². The van der Waals surface area contributed by atoms with Crippen molar-refractivity contribution >= 4 is 11.5 Å². The molecule has 1 heterocycles. The molecule has 0 spiro atoms. The first-order valence-corrected chi connectivity index (χ1v) is 6.84. The van der Waals surface area contributed by atoms with Gasteiger partial charge in [0.25, 0.3) is 0 Å². The minimum Gasteiger partial charge on any atom is -0.295 e. The molecule has 2 nitrogen and oxygen atoms in total. The Morgan fingerprint density at radius 2 is 1.70 bits per heavy atom. The van der Waals surface area contributed by atoms with Gasteiger partial charge >= 0.3 is 0 Å². The van der Waals surface area contributed by atoms with Crippen molar-refractivity contribution in [2.24, 2.45) is 4.99 Å². The fourth-order valence-corrected chi connectivity index (χ4v) is 2.57. The van der Waals surface area contributed by atoms with Gasteiger partial charge in [0.1, 0.15) is 5.54 Å². The number of carbonyl (C=O) groups is 1. The zero-order chi connectivity index (χ0) is 14.2. The molecule has 0 saturated heterocycles. The number of rotatable bonds is 4. The van der Waals surface area contributed by atoms with Crippen molar-refractivity contribution in [3.63, 3.8) is 0 Å². The maximum Gasteiger partial charge on any atom is 0.159 e. The van der Waals surface area contributed by atoms with Gasteiger partial charge in [-0.25, -0.2) is 0 Å². The molecule has 1 aliphatic rings. The van der Waals surface area contributed by atoms with Gasteiger partial charge in [-0.05, 0) is 25.0 Å². The number of hydrogen-bond acceptors (Lipinski definition) is 2. The molecule has 0 aromatic heterocycles. The van der Waals surface area contributed by atoms with Gasteiger partial charge in [0.15, 0.2) is 5.78 Å². The quantitative estimate of drug-likeness (QED) is 0.773. The van der Waals surface area contributed by atoms with E-state index >= 15 is 0 Å². The van der Waals surface area contributed by atoms with Crippen LogP contribution in [0.2, 0.25) is 0 Å². The summed E-state index contributed by atoms with van der Waals surface area (Å²) in [4.78, 5) is 15.9. The van der Waals surface area contributed by atoms with Crippen molar-refractivity contribution in [2.45, 2.75) is 25.8 Å². The zero-order valence-electron chi connectivity index (χ0n) is 11.8. The van der Waals surface area contributed by atoms with Crippen LogP contribution in [0.1, 0.15) is 35.3 Å². The fourth-order valence-electron chi connectivity index (χ4n) is 2.57. The molecule has 1 atom stereocenters. The first-order valence-electron chi connectivity index (χ1n) is 6.84. The predicted molar refractivity (Wildman–Crippen MR) is 81.5 cm³/mol. The average Bonchev–Trinajstić information content (AvgIpc) is 3.12. The number of Topliss-reactive ketones (excluding diaryl/α,β-unsaturated/α-hetero) is 1. The van der Waals surface area contributed by atoms with E-state index in [0.717, 1.165) is 12.0 Å². The van der Waals surface area contributed by atoms with Crippen LogP contribution in [0.4, 0.5) is 0 Å². The Kier molecular flexibility index (Phi) is 3.01. The van der Waals surface area contributed by atoms with Gasteiger partial charge in [-0.15, -0.1) is 0 Å². The van der Waals surface area contributed by atoms with E-state index in [-0.39, 0.29) is 11.3 Å². The lowest BCUT2D eigenvalue weighted by atomic mass is 9.92. The molecule has 0 radical (unpaired) electrons. The second-order valence-electron chi connectivity index (χ2n) is 5.53. The number of hydrogen-bond donors (Lipinski definition) is 0. The van der Waals surface area contributed by atoms with E-state index < -0.39 is 0 Å². The minimum atomic E-state index is -0.0842. The minimum absolute atomic E-state index is 0.0842. The Hall–Kier alpha value is -2.22.